The number of carbonyl (C=O) groups excluding carboxylic acids is 2. The van der Waals surface area contributed by atoms with Crippen LogP contribution in [0.5, 0.6) is 0 Å². The average Bonchev–Trinajstić information content (AvgIpc) is 2.66. The van der Waals surface area contributed by atoms with Crippen LogP contribution in [0.1, 0.15) is 92.4 Å². The van der Waals surface area contributed by atoms with Crippen LogP contribution in [0.3, 0.4) is 0 Å². The van der Waals surface area contributed by atoms with Crippen LogP contribution in [0.25, 0.3) is 0 Å². The van der Waals surface area contributed by atoms with Gasteiger partial charge in [-0.1, -0.05) is 27.2 Å². The molecule has 1 saturated heterocycles. The molecule has 0 aromatic rings. The van der Waals surface area contributed by atoms with Crippen LogP contribution >= 0.6 is 0 Å². The largest absolute Gasteiger partial charge is 0.462 e. The number of aliphatic hydroxyl groups excluding tert-OH is 1. The third-order valence-corrected chi connectivity index (χ3v) is 8.28. The van der Waals surface area contributed by atoms with E-state index >= 15 is 0 Å². The molecule has 2 unspecified atom stereocenters. The summed E-state index contributed by atoms with van der Waals surface area (Å²) < 4.78 is 11.7. The van der Waals surface area contributed by atoms with E-state index in [9.17, 15) is 14.7 Å². The third-order valence-electron chi connectivity index (χ3n) is 8.28. The van der Waals surface area contributed by atoms with Crippen LogP contribution in [0.15, 0.2) is 0 Å². The van der Waals surface area contributed by atoms with Crippen LogP contribution < -0.4 is 0 Å². The molecule has 172 valence electrons. The zero-order valence-corrected chi connectivity index (χ0v) is 19.6. The van der Waals surface area contributed by atoms with Gasteiger partial charge >= 0.3 is 11.9 Å². The summed E-state index contributed by atoms with van der Waals surface area (Å²) in [5, 5.41) is 9.94. The molecular weight excluding hydrogens is 380 g/mol. The van der Waals surface area contributed by atoms with E-state index in [1.807, 2.05) is 20.8 Å². The maximum atomic E-state index is 12.9. The summed E-state index contributed by atoms with van der Waals surface area (Å²) in [4.78, 5) is 24.6. The lowest BCUT2D eigenvalue weighted by atomic mass is 9.58. The summed E-state index contributed by atoms with van der Waals surface area (Å²) in [7, 11) is 0. The maximum absolute atomic E-state index is 12.9. The van der Waals surface area contributed by atoms with Crippen LogP contribution in [0.4, 0.5) is 0 Å². The first-order valence-electron chi connectivity index (χ1n) is 12.2. The Labute approximate surface area is 182 Å². The predicted octanol–water partition coefficient (Wildman–Crippen LogP) is 4.89. The van der Waals surface area contributed by atoms with Crippen LogP contribution in [0.2, 0.25) is 0 Å². The van der Waals surface area contributed by atoms with Gasteiger partial charge < -0.3 is 14.6 Å². The molecule has 0 spiro atoms. The second-order valence-electron chi connectivity index (χ2n) is 11.1. The van der Waals surface area contributed by atoms with Crippen molar-refractivity contribution in [1.82, 2.24) is 0 Å². The molecule has 5 heteroatoms. The van der Waals surface area contributed by atoms with E-state index in [0.717, 1.165) is 25.7 Å². The van der Waals surface area contributed by atoms with Crippen molar-refractivity contribution in [3.63, 3.8) is 0 Å². The van der Waals surface area contributed by atoms with E-state index in [1.54, 1.807) is 0 Å². The number of esters is 2. The van der Waals surface area contributed by atoms with Gasteiger partial charge in [0.15, 0.2) is 0 Å². The van der Waals surface area contributed by atoms with Crippen molar-refractivity contribution < 1.29 is 24.2 Å². The Morgan fingerprint density at radius 1 is 1.17 bits per heavy atom. The topological polar surface area (TPSA) is 72.8 Å². The molecule has 0 aromatic carbocycles. The molecule has 8 atom stereocenters. The van der Waals surface area contributed by atoms with E-state index < -0.39 is 11.5 Å². The maximum Gasteiger partial charge on any atom is 0.311 e. The molecule has 3 aliphatic rings. The standard InChI is InChI=1S/C25H42O5/c1-6-25(4,5)24(28)30-21-12-15(2)11-17-8-7-16(3)20(23(17)21)10-9-19-13-18(26)14-22(27)29-19/h15-21,23,26H,6-14H2,1-5H3/t15-,16+,17?,18+,19+,20-,21-,23?/m0/s1. The first-order chi connectivity index (χ1) is 14.1. The number of cyclic esters (lactones) is 1. The number of hydrogen-bond donors (Lipinski definition) is 1. The predicted molar refractivity (Wildman–Crippen MR) is 116 cm³/mol. The van der Waals surface area contributed by atoms with E-state index in [4.69, 9.17) is 9.47 Å². The molecule has 2 aliphatic carbocycles. The van der Waals surface area contributed by atoms with Gasteiger partial charge in [-0.05, 0) is 76.0 Å². The molecule has 3 fully saturated rings. The monoisotopic (exact) mass is 422 g/mol. The molecule has 1 aliphatic heterocycles. The molecule has 30 heavy (non-hydrogen) atoms. The quantitative estimate of drug-likeness (QED) is 0.617. The van der Waals surface area contributed by atoms with E-state index in [2.05, 4.69) is 13.8 Å². The van der Waals surface area contributed by atoms with Crippen molar-refractivity contribution in [1.29, 1.82) is 0 Å². The fourth-order valence-corrected chi connectivity index (χ4v) is 6.09. The molecule has 5 nitrogen and oxygen atoms in total. The minimum absolute atomic E-state index is 0.00989. The highest BCUT2D eigenvalue weighted by atomic mass is 16.6. The molecule has 0 bridgehead atoms. The lowest BCUT2D eigenvalue weighted by Crippen LogP contribution is -2.48. The molecule has 3 rings (SSSR count). The van der Waals surface area contributed by atoms with Gasteiger partial charge in [-0.25, -0.2) is 0 Å². The Balaban J connectivity index is 1.72. The number of hydrogen-bond acceptors (Lipinski definition) is 5. The lowest BCUT2D eigenvalue weighted by Gasteiger charge is -2.50. The molecule has 2 saturated carbocycles. The molecule has 0 radical (unpaired) electrons. The van der Waals surface area contributed by atoms with E-state index in [0.29, 0.717) is 36.0 Å². The van der Waals surface area contributed by atoms with Crippen LogP contribution in [0, 0.1) is 35.0 Å². The smallest absolute Gasteiger partial charge is 0.311 e. The minimum Gasteiger partial charge on any atom is -0.462 e. The normalized spacial score (nSPS) is 39.7. The van der Waals surface area contributed by atoms with Crippen molar-refractivity contribution >= 4 is 11.9 Å². The Bertz CT molecular complexity index is 615. The van der Waals surface area contributed by atoms with Gasteiger partial charge in [-0.15, -0.1) is 0 Å². The summed E-state index contributed by atoms with van der Waals surface area (Å²) in [5.74, 6) is 2.28. The van der Waals surface area contributed by atoms with Crippen LogP contribution in [-0.4, -0.2) is 35.4 Å². The number of carbonyl (C=O) groups is 2. The molecule has 0 aromatic heterocycles. The van der Waals surface area contributed by atoms with Gasteiger partial charge in [0.2, 0.25) is 0 Å². The van der Waals surface area contributed by atoms with E-state index in [1.165, 1.54) is 19.3 Å². The highest BCUT2D eigenvalue weighted by molar-refractivity contribution is 5.76. The van der Waals surface area contributed by atoms with Crippen molar-refractivity contribution in [2.24, 2.45) is 35.0 Å². The first-order valence-corrected chi connectivity index (χ1v) is 12.2. The lowest BCUT2D eigenvalue weighted by molar-refractivity contribution is -0.174. The number of fused-ring (bicyclic) bond motifs is 1. The van der Waals surface area contributed by atoms with Gasteiger partial charge in [-0.3, -0.25) is 9.59 Å². The SMILES string of the molecule is CCC(C)(C)C(=O)O[C@H]1C[C@@H](C)CC2CC[C@@H](C)[C@H](CC[C@@H]3C[C@@H](O)CC(=O)O3)C21. The molecular formula is C25H42O5. The summed E-state index contributed by atoms with van der Waals surface area (Å²) in [6, 6.07) is 0. The second kappa shape index (κ2) is 9.58. The Hall–Kier alpha value is -1.10. The van der Waals surface area contributed by atoms with Gasteiger partial charge in [0, 0.05) is 12.3 Å². The first kappa shape index (κ1) is 23.6. The van der Waals surface area contributed by atoms with Crippen molar-refractivity contribution in [2.75, 3.05) is 0 Å². The van der Waals surface area contributed by atoms with Gasteiger partial charge in [0.05, 0.1) is 17.9 Å². The van der Waals surface area contributed by atoms with E-state index in [-0.39, 0.29) is 30.6 Å². The van der Waals surface area contributed by atoms with Crippen molar-refractivity contribution in [2.45, 2.75) is 111 Å². The summed E-state index contributed by atoms with van der Waals surface area (Å²) in [6.07, 6.45) is 7.02. The number of ether oxygens (including phenoxy) is 2. The van der Waals surface area contributed by atoms with Crippen LogP contribution in [-0.2, 0) is 19.1 Å². The highest BCUT2D eigenvalue weighted by Crippen LogP contribution is 2.51. The average molecular weight is 423 g/mol. The molecule has 1 heterocycles. The van der Waals surface area contributed by atoms with Crippen molar-refractivity contribution in [3.8, 4) is 0 Å². The summed E-state index contributed by atoms with van der Waals surface area (Å²) >= 11 is 0. The van der Waals surface area contributed by atoms with Crippen molar-refractivity contribution in [3.05, 3.63) is 0 Å². The van der Waals surface area contributed by atoms with Gasteiger partial charge in [0.1, 0.15) is 12.2 Å². The zero-order chi connectivity index (χ0) is 22.1. The zero-order valence-electron chi connectivity index (χ0n) is 19.6. The Morgan fingerprint density at radius 3 is 2.57 bits per heavy atom. The molecule has 0 amide bonds. The summed E-state index contributed by atoms with van der Waals surface area (Å²) in [5.41, 5.74) is -0.446. The summed E-state index contributed by atoms with van der Waals surface area (Å²) in [6.45, 7) is 10.6. The highest BCUT2D eigenvalue weighted by Gasteiger charge is 2.47. The fraction of sp³-hybridized carbons (Fsp3) is 0.920. The fourth-order valence-electron chi connectivity index (χ4n) is 6.09. The Morgan fingerprint density at radius 2 is 1.90 bits per heavy atom. The molecule has 1 N–H and O–H groups in total. The third kappa shape index (κ3) is 5.38. The number of aliphatic hydroxyl groups is 1. The van der Waals surface area contributed by atoms with Gasteiger partial charge in [-0.2, -0.15) is 0 Å². The van der Waals surface area contributed by atoms with Gasteiger partial charge in [0.25, 0.3) is 0 Å². The Kier molecular flexibility index (Phi) is 7.53. The second-order valence-corrected chi connectivity index (χ2v) is 11.1. The number of rotatable bonds is 6. The minimum atomic E-state index is -0.576.